The molecule has 0 aliphatic carbocycles. The number of H-pyrrole nitrogens is 2. The van der Waals surface area contributed by atoms with Gasteiger partial charge in [0.25, 0.3) is 0 Å². The van der Waals surface area contributed by atoms with Crippen LogP contribution in [0.5, 0.6) is 0 Å². The molecule has 2 atom stereocenters. The van der Waals surface area contributed by atoms with Crippen molar-refractivity contribution in [3.63, 3.8) is 0 Å². The number of thiocarbonyl (C=S) groups is 2. The summed E-state index contributed by atoms with van der Waals surface area (Å²) in [5.74, 6) is 1.27. The molecule has 0 saturated carbocycles. The number of nitrogens with one attached hydrogen (secondary N) is 2. The van der Waals surface area contributed by atoms with Crippen molar-refractivity contribution >= 4 is 65.0 Å². The Kier molecular flexibility index (Phi) is 13.2. The van der Waals surface area contributed by atoms with Crippen LogP contribution in [0.4, 0.5) is 0 Å². The highest BCUT2D eigenvalue weighted by Gasteiger charge is 2.26. The SMILES string of the molecule is CCOC(=S)SC(CCO[P+](=O)OCCC(SC(=S)OCC)c1ncn[nH]1)c1ncn[nH]1. The minimum absolute atomic E-state index is 0.174. The summed E-state index contributed by atoms with van der Waals surface area (Å²) in [5, 5.41) is 13.0. The second kappa shape index (κ2) is 15.6. The maximum atomic E-state index is 12.1. The van der Waals surface area contributed by atoms with Gasteiger partial charge in [0, 0.05) is 4.57 Å². The van der Waals surface area contributed by atoms with Crippen LogP contribution in [0.3, 0.4) is 0 Å². The topological polar surface area (TPSA) is 137 Å². The van der Waals surface area contributed by atoms with E-state index in [2.05, 4.69) is 30.4 Å². The van der Waals surface area contributed by atoms with Crippen LogP contribution in [-0.2, 0) is 23.1 Å². The van der Waals surface area contributed by atoms with Crippen molar-refractivity contribution in [2.75, 3.05) is 26.4 Å². The van der Waals surface area contributed by atoms with Crippen LogP contribution in [0.1, 0.15) is 48.8 Å². The molecule has 0 radical (unpaired) electrons. The molecule has 0 fully saturated rings. The molecule has 0 spiro atoms. The Balaban J connectivity index is 1.76. The number of hydrogen-bond donors (Lipinski definition) is 2. The second-order valence-corrected chi connectivity index (χ2v) is 10.4. The average molecular weight is 540 g/mol. The van der Waals surface area contributed by atoms with Crippen LogP contribution < -0.4 is 0 Å². The fourth-order valence-corrected chi connectivity index (χ4v) is 5.52. The van der Waals surface area contributed by atoms with Gasteiger partial charge in [-0.1, -0.05) is 23.5 Å². The van der Waals surface area contributed by atoms with Crippen molar-refractivity contribution in [2.24, 2.45) is 0 Å². The number of aromatic amines is 2. The number of ether oxygens (including phenoxy) is 2. The zero-order chi connectivity index (χ0) is 23.2. The minimum atomic E-state index is -2.30. The Hall–Kier alpha value is -1.22. The van der Waals surface area contributed by atoms with Gasteiger partial charge in [0.15, 0.2) is 0 Å². The summed E-state index contributed by atoms with van der Waals surface area (Å²) in [7, 11) is -2.30. The molecule has 16 heteroatoms. The first-order valence-electron chi connectivity index (χ1n) is 9.63. The molecule has 0 aliphatic heterocycles. The molecular weight excluding hydrogens is 515 g/mol. The first kappa shape index (κ1) is 27.0. The summed E-state index contributed by atoms with van der Waals surface area (Å²) in [5.41, 5.74) is 0. The largest absolute Gasteiger partial charge is 0.697 e. The minimum Gasteiger partial charge on any atom is -0.479 e. The van der Waals surface area contributed by atoms with E-state index in [-0.39, 0.29) is 23.7 Å². The Bertz CT molecular complexity index is 763. The van der Waals surface area contributed by atoms with Gasteiger partial charge < -0.3 is 9.47 Å². The van der Waals surface area contributed by atoms with Crippen molar-refractivity contribution in [1.82, 2.24) is 30.4 Å². The Morgan fingerprint density at radius 3 is 1.72 bits per heavy atom. The molecule has 0 bridgehead atoms. The molecule has 2 unspecified atom stereocenters. The highest BCUT2D eigenvalue weighted by molar-refractivity contribution is 8.23. The van der Waals surface area contributed by atoms with E-state index >= 15 is 0 Å². The summed E-state index contributed by atoms with van der Waals surface area (Å²) in [6.45, 7) is 5.03. The molecule has 0 amide bonds. The van der Waals surface area contributed by atoms with E-state index in [0.717, 1.165) is 0 Å². The summed E-state index contributed by atoms with van der Waals surface area (Å²) in [4.78, 5) is 8.32. The molecule has 2 heterocycles. The monoisotopic (exact) mass is 539 g/mol. The van der Waals surface area contributed by atoms with Gasteiger partial charge in [-0.15, -0.1) is 9.05 Å². The van der Waals surface area contributed by atoms with E-state index in [4.69, 9.17) is 43.0 Å². The molecule has 32 heavy (non-hydrogen) atoms. The van der Waals surface area contributed by atoms with Gasteiger partial charge in [0.2, 0.25) is 8.77 Å². The van der Waals surface area contributed by atoms with Crippen LogP contribution in [0.2, 0.25) is 0 Å². The zero-order valence-electron chi connectivity index (χ0n) is 17.5. The first-order chi connectivity index (χ1) is 15.5. The van der Waals surface area contributed by atoms with Gasteiger partial charge in [0.05, 0.1) is 23.7 Å². The van der Waals surface area contributed by atoms with E-state index in [0.29, 0.717) is 46.5 Å². The van der Waals surface area contributed by atoms with Gasteiger partial charge >= 0.3 is 8.25 Å². The maximum Gasteiger partial charge on any atom is 0.697 e. The number of thioether (sulfide) groups is 2. The van der Waals surface area contributed by atoms with Crippen molar-refractivity contribution in [2.45, 2.75) is 37.2 Å². The number of rotatable bonds is 14. The lowest BCUT2D eigenvalue weighted by molar-refractivity contribution is 0.220. The van der Waals surface area contributed by atoms with Crippen LogP contribution in [0.25, 0.3) is 0 Å². The number of nitrogens with zero attached hydrogens (tertiary/aromatic N) is 4. The quantitative estimate of drug-likeness (QED) is 0.261. The van der Waals surface area contributed by atoms with Gasteiger partial charge in [-0.25, -0.2) is 9.97 Å². The predicted octanol–water partition coefficient (Wildman–Crippen LogP) is 4.29. The van der Waals surface area contributed by atoms with Crippen molar-refractivity contribution in [3.8, 4) is 0 Å². The first-order valence-corrected chi connectivity index (χ1v) is 13.3. The molecule has 2 aromatic heterocycles. The smallest absolute Gasteiger partial charge is 0.479 e. The molecule has 0 aromatic carbocycles. The van der Waals surface area contributed by atoms with Crippen LogP contribution in [0.15, 0.2) is 12.7 Å². The Morgan fingerprint density at radius 1 is 0.938 bits per heavy atom. The molecule has 2 aromatic rings. The van der Waals surface area contributed by atoms with Crippen LogP contribution in [-0.4, -0.2) is 65.6 Å². The number of hydrogen-bond acceptors (Lipinski definition) is 13. The molecule has 2 N–H and O–H groups in total. The fraction of sp³-hybridized carbons (Fsp3) is 0.625. The Morgan fingerprint density at radius 2 is 1.38 bits per heavy atom. The lowest BCUT2D eigenvalue weighted by Gasteiger charge is -2.13. The molecule has 11 nitrogen and oxygen atoms in total. The highest BCUT2D eigenvalue weighted by Crippen LogP contribution is 2.35. The molecular formula is C16H24N6O5PS4+. The Labute approximate surface area is 205 Å². The van der Waals surface area contributed by atoms with E-state index < -0.39 is 8.25 Å². The third kappa shape index (κ3) is 10.1. The van der Waals surface area contributed by atoms with E-state index in [1.807, 2.05) is 13.8 Å². The molecule has 176 valence electrons. The van der Waals surface area contributed by atoms with Gasteiger partial charge in [-0.2, -0.15) is 10.2 Å². The fourth-order valence-electron chi connectivity index (χ4n) is 2.28. The summed E-state index contributed by atoms with van der Waals surface area (Å²) in [6.07, 6.45) is 3.79. The third-order valence-electron chi connectivity index (χ3n) is 3.63. The van der Waals surface area contributed by atoms with E-state index in [9.17, 15) is 4.57 Å². The predicted molar refractivity (Wildman–Crippen MR) is 131 cm³/mol. The molecule has 0 saturated heterocycles. The van der Waals surface area contributed by atoms with Gasteiger partial charge in [-0.3, -0.25) is 10.2 Å². The van der Waals surface area contributed by atoms with Crippen LogP contribution in [0, 0.1) is 0 Å². The third-order valence-corrected chi connectivity index (χ3v) is 7.34. The lowest BCUT2D eigenvalue weighted by atomic mass is 10.3. The zero-order valence-corrected chi connectivity index (χ0v) is 21.6. The number of aromatic nitrogens is 6. The summed E-state index contributed by atoms with van der Waals surface area (Å²) >= 11 is 13.0. The average Bonchev–Trinajstić information content (AvgIpc) is 3.47. The van der Waals surface area contributed by atoms with E-state index in [1.165, 1.54) is 36.2 Å². The normalized spacial score (nSPS) is 13.4. The maximum absolute atomic E-state index is 12.1. The lowest BCUT2D eigenvalue weighted by Crippen LogP contribution is -2.07. The summed E-state index contributed by atoms with van der Waals surface area (Å²) < 4.78 is 34.3. The van der Waals surface area contributed by atoms with Gasteiger partial charge in [-0.05, 0) is 51.1 Å². The highest BCUT2D eigenvalue weighted by atomic mass is 32.2. The standard InChI is InChI=1S/C16H24N6O5PS4/c1-3-24-15(29)31-11(13-17-9-19-21-13)5-7-26-28(23)27-8-6-12(14-18-10-20-22-14)32-16(30)25-4-2/h9-12H,3-8H2,1-2H3,(H,17,19,21)(H,18,20,22)/q+1. The summed E-state index contributed by atoms with van der Waals surface area (Å²) in [6, 6.07) is 0. The second-order valence-electron chi connectivity index (χ2n) is 5.79. The van der Waals surface area contributed by atoms with Crippen LogP contribution >= 0.6 is 56.2 Å². The van der Waals surface area contributed by atoms with Crippen molar-refractivity contribution in [1.29, 1.82) is 0 Å². The van der Waals surface area contributed by atoms with Crippen molar-refractivity contribution in [3.05, 3.63) is 24.3 Å². The van der Waals surface area contributed by atoms with Crippen molar-refractivity contribution < 1.29 is 23.1 Å². The molecule has 0 aliphatic rings. The van der Waals surface area contributed by atoms with Gasteiger partial charge in [0.1, 0.15) is 37.5 Å². The van der Waals surface area contributed by atoms with E-state index in [1.54, 1.807) is 0 Å². The molecule has 2 rings (SSSR count).